The van der Waals surface area contributed by atoms with Crippen molar-refractivity contribution in [3.05, 3.63) is 35.5 Å². The highest BCUT2D eigenvalue weighted by Crippen LogP contribution is 2.26. The number of hydrogen-bond donors (Lipinski definition) is 2. The molecular weight excluding hydrogens is 286 g/mol. The summed E-state index contributed by atoms with van der Waals surface area (Å²) in [6.45, 7) is 8.65. The molecule has 1 aromatic heterocycles. The van der Waals surface area contributed by atoms with Crippen molar-refractivity contribution in [2.45, 2.75) is 45.1 Å². The van der Waals surface area contributed by atoms with Crippen LogP contribution in [0.15, 0.2) is 24.3 Å². The minimum absolute atomic E-state index is 0.00110. The van der Waals surface area contributed by atoms with E-state index < -0.39 is 0 Å². The van der Waals surface area contributed by atoms with Gasteiger partial charge in [0, 0.05) is 23.5 Å². The van der Waals surface area contributed by atoms with Crippen LogP contribution in [0.5, 0.6) is 0 Å². The number of benzene rings is 1. The van der Waals surface area contributed by atoms with E-state index in [9.17, 15) is 4.79 Å². The Morgan fingerprint density at radius 2 is 2.09 bits per heavy atom. The molecule has 3 rings (SSSR count). The highest BCUT2D eigenvalue weighted by atomic mass is 16.1. The van der Waals surface area contributed by atoms with Crippen molar-refractivity contribution in [3.63, 3.8) is 0 Å². The van der Waals surface area contributed by atoms with Crippen LogP contribution < -0.4 is 5.32 Å². The Morgan fingerprint density at radius 3 is 2.78 bits per heavy atom. The third-order valence-electron chi connectivity index (χ3n) is 4.69. The molecule has 2 N–H and O–H groups in total. The number of likely N-dealkylation sites (tertiary alicyclic amines) is 1. The molecule has 1 amide bonds. The van der Waals surface area contributed by atoms with Crippen molar-refractivity contribution in [2.75, 3.05) is 20.1 Å². The van der Waals surface area contributed by atoms with E-state index in [4.69, 9.17) is 0 Å². The second-order valence-electron chi connectivity index (χ2n) is 7.81. The number of likely N-dealkylation sites (N-methyl/N-ethyl adjacent to an activating group) is 1. The number of carbonyl (C=O) groups excluding carboxylic acids is 1. The topological polar surface area (TPSA) is 48.1 Å². The third kappa shape index (κ3) is 3.58. The lowest BCUT2D eigenvalue weighted by Gasteiger charge is -2.30. The number of rotatable bonds is 2. The highest BCUT2D eigenvalue weighted by Gasteiger charge is 2.21. The molecule has 0 spiro atoms. The molecule has 1 atom stereocenters. The molecule has 0 radical (unpaired) electrons. The summed E-state index contributed by atoms with van der Waals surface area (Å²) in [5.41, 5.74) is 3.06. The molecule has 0 bridgehead atoms. The first-order valence-corrected chi connectivity index (χ1v) is 8.45. The van der Waals surface area contributed by atoms with Crippen LogP contribution in [-0.4, -0.2) is 42.0 Å². The molecule has 124 valence electrons. The Hall–Kier alpha value is -1.81. The van der Waals surface area contributed by atoms with Gasteiger partial charge in [-0.1, -0.05) is 32.9 Å². The third-order valence-corrected chi connectivity index (χ3v) is 4.69. The standard InChI is InChI=1S/C19H27N3O/c1-19(2,3)14-8-7-13-10-17(21-16(13)11-14)18(23)20-15-6-5-9-22(4)12-15/h7-8,10-11,15,21H,5-6,9,12H2,1-4H3,(H,20,23). The number of carbonyl (C=O) groups is 1. The maximum atomic E-state index is 12.5. The quantitative estimate of drug-likeness (QED) is 0.894. The largest absolute Gasteiger partial charge is 0.351 e. The summed E-state index contributed by atoms with van der Waals surface area (Å²) in [7, 11) is 2.11. The van der Waals surface area contributed by atoms with Gasteiger partial charge in [-0.3, -0.25) is 4.79 Å². The van der Waals surface area contributed by atoms with Gasteiger partial charge in [0.1, 0.15) is 5.69 Å². The summed E-state index contributed by atoms with van der Waals surface area (Å²) in [5.74, 6) is -0.00110. The van der Waals surface area contributed by atoms with E-state index >= 15 is 0 Å². The maximum Gasteiger partial charge on any atom is 0.267 e. The average molecular weight is 313 g/mol. The molecule has 1 saturated heterocycles. The summed E-state index contributed by atoms with van der Waals surface area (Å²) >= 11 is 0. The van der Waals surface area contributed by atoms with Crippen LogP contribution in [0.3, 0.4) is 0 Å². The summed E-state index contributed by atoms with van der Waals surface area (Å²) < 4.78 is 0. The molecule has 1 unspecified atom stereocenters. The van der Waals surface area contributed by atoms with Crippen molar-refractivity contribution < 1.29 is 4.79 Å². The lowest BCUT2D eigenvalue weighted by Crippen LogP contribution is -2.46. The lowest BCUT2D eigenvalue weighted by atomic mass is 9.87. The lowest BCUT2D eigenvalue weighted by molar-refractivity contribution is 0.0908. The van der Waals surface area contributed by atoms with Gasteiger partial charge in [0.2, 0.25) is 0 Å². The SMILES string of the molecule is CN1CCCC(NC(=O)c2cc3ccc(C(C)(C)C)cc3[nH]2)C1. The molecule has 2 aromatic rings. The van der Waals surface area contributed by atoms with E-state index in [0.717, 1.165) is 36.8 Å². The van der Waals surface area contributed by atoms with E-state index in [1.165, 1.54) is 5.56 Å². The Kier molecular flexibility index (Phi) is 4.19. The van der Waals surface area contributed by atoms with E-state index in [-0.39, 0.29) is 17.4 Å². The first kappa shape index (κ1) is 16.1. The molecule has 1 fully saturated rings. The molecule has 0 saturated carbocycles. The van der Waals surface area contributed by atoms with E-state index in [2.05, 4.69) is 61.2 Å². The minimum atomic E-state index is -0.00110. The Bertz CT molecular complexity index is 711. The van der Waals surface area contributed by atoms with Crippen LogP contribution in [0.1, 0.15) is 49.7 Å². The second kappa shape index (κ2) is 6.00. The number of aromatic nitrogens is 1. The van der Waals surface area contributed by atoms with Crippen molar-refractivity contribution >= 4 is 16.8 Å². The maximum absolute atomic E-state index is 12.5. The van der Waals surface area contributed by atoms with Crippen molar-refractivity contribution in [1.29, 1.82) is 0 Å². The average Bonchev–Trinajstić information content (AvgIpc) is 2.89. The fraction of sp³-hybridized carbons (Fsp3) is 0.526. The normalized spacial score (nSPS) is 19.9. The summed E-state index contributed by atoms with van der Waals surface area (Å²) in [4.78, 5) is 18.1. The molecule has 1 aliphatic rings. The zero-order chi connectivity index (χ0) is 16.6. The van der Waals surface area contributed by atoms with Gasteiger partial charge in [-0.2, -0.15) is 0 Å². The summed E-state index contributed by atoms with van der Waals surface area (Å²) in [6.07, 6.45) is 2.20. The molecule has 4 nitrogen and oxygen atoms in total. The van der Waals surface area contributed by atoms with Gasteiger partial charge in [0.25, 0.3) is 5.91 Å². The number of amides is 1. The molecule has 1 aromatic carbocycles. The van der Waals surface area contributed by atoms with Gasteiger partial charge < -0.3 is 15.2 Å². The van der Waals surface area contributed by atoms with Gasteiger partial charge in [0.15, 0.2) is 0 Å². The van der Waals surface area contributed by atoms with Gasteiger partial charge in [0.05, 0.1) is 0 Å². The fourth-order valence-corrected chi connectivity index (χ4v) is 3.26. The number of piperidine rings is 1. The Labute approximate surface area is 138 Å². The zero-order valence-electron chi connectivity index (χ0n) is 14.6. The molecule has 0 aliphatic carbocycles. The highest BCUT2D eigenvalue weighted by molar-refractivity contribution is 5.98. The van der Waals surface area contributed by atoms with Crippen LogP contribution in [0, 0.1) is 0 Å². The summed E-state index contributed by atoms with van der Waals surface area (Å²) in [6, 6.07) is 8.59. The van der Waals surface area contributed by atoms with Crippen LogP contribution in [0.25, 0.3) is 10.9 Å². The summed E-state index contributed by atoms with van der Waals surface area (Å²) in [5, 5.41) is 4.25. The molecule has 2 heterocycles. The predicted molar refractivity (Wildman–Crippen MR) is 95.0 cm³/mol. The molecule has 4 heteroatoms. The smallest absolute Gasteiger partial charge is 0.267 e. The first-order chi connectivity index (χ1) is 10.8. The Balaban J connectivity index is 1.78. The van der Waals surface area contributed by atoms with Crippen LogP contribution in [0.4, 0.5) is 0 Å². The monoisotopic (exact) mass is 313 g/mol. The molecular formula is C19H27N3O. The van der Waals surface area contributed by atoms with Gasteiger partial charge in [-0.25, -0.2) is 0 Å². The van der Waals surface area contributed by atoms with E-state index in [0.29, 0.717) is 5.69 Å². The van der Waals surface area contributed by atoms with Crippen molar-refractivity contribution in [3.8, 4) is 0 Å². The fourth-order valence-electron chi connectivity index (χ4n) is 3.26. The minimum Gasteiger partial charge on any atom is -0.351 e. The molecule has 1 aliphatic heterocycles. The van der Waals surface area contributed by atoms with Gasteiger partial charge in [-0.15, -0.1) is 0 Å². The second-order valence-corrected chi connectivity index (χ2v) is 7.81. The first-order valence-electron chi connectivity index (χ1n) is 8.45. The number of fused-ring (bicyclic) bond motifs is 1. The zero-order valence-corrected chi connectivity index (χ0v) is 14.6. The molecule has 23 heavy (non-hydrogen) atoms. The number of hydrogen-bond acceptors (Lipinski definition) is 2. The number of H-pyrrole nitrogens is 1. The van der Waals surface area contributed by atoms with Crippen LogP contribution in [-0.2, 0) is 5.41 Å². The van der Waals surface area contributed by atoms with Crippen molar-refractivity contribution in [2.24, 2.45) is 0 Å². The van der Waals surface area contributed by atoms with E-state index in [1.807, 2.05) is 6.07 Å². The number of aromatic amines is 1. The van der Waals surface area contributed by atoms with Crippen molar-refractivity contribution in [1.82, 2.24) is 15.2 Å². The predicted octanol–water partition coefficient (Wildman–Crippen LogP) is 3.29. The van der Waals surface area contributed by atoms with Gasteiger partial charge in [-0.05, 0) is 49.5 Å². The number of nitrogens with zero attached hydrogens (tertiary/aromatic N) is 1. The van der Waals surface area contributed by atoms with Crippen LogP contribution >= 0.6 is 0 Å². The number of nitrogens with one attached hydrogen (secondary N) is 2. The van der Waals surface area contributed by atoms with Crippen LogP contribution in [0.2, 0.25) is 0 Å². The van der Waals surface area contributed by atoms with E-state index in [1.54, 1.807) is 0 Å². The van der Waals surface area contributed by atoms with Gasteiger partial charge >= 0.3 is 0 Å². The Morgan fingerprint density at radius 1 is 1.30 bits per heavy atom.